The summed E-state index contributed by atoms with van der Waals surface area (Å²) < 4.78 is 19.4. The van der Waals surface area contributed by atoms with Crippen molar-refractivity contribution in [2.24, 2.45) is 0 Å². The number of hydrogen-bond acceptors (Lipinski definition) is 5. The third-order valence-electron chi connectivity index (χ3n) is 6.26. The van der Waals surface area contributed by atoms with Crippen LogP contribution in [0.2, 0.25) is 0 Å². The predicted molar refractivity (Wildman–Crippen MR) is 135 cm³/mol. The van der Waals surface area contributed by atoms with Crippen molar-refractivity contribution < 1.29 is 23.5 Å². The molecule has 4 amide bonds. The Bertz CT molecular complexity index is 1020. The number of urea groups is 2. The van der Waals surface area contributed by atoms with E-state index in [4.69, 9.17) is 4.74 Å². The maximum Gasteiger partial charge on any atom is 0.338 e. The molecule has 0 bridgehead atoms. The van der Waals surface area contributed by atoms with Crippen LogP contribution in [-0.2, 0) is 9.53 Å². The summed E-state index contributed by atoms with van der Waals surface area (Å²) in [5.41, 5.74) is 0.964. The van der Waals surface area contributed by atoms with E-state index < -0.39 is 17.8 Å². The Kier molecular flexibility index (Phi) is 8.60. The van der Waals surface area contributed by atoms with Crippen LogP contribution in [0.15, 0.2) is 35.5 Å². The summed E-state index contributed by atoms with van der Waals surface area (Å²) in [7, 11) is 0. The summed E-state index contributed by atoms with van der Waals surface area (Å²) in [4.78, 5) is 44.5. The monoisotopic (exact) mass is 503 g/mol. The highest BCUT2D eigenvalue weighted by Crippen LogP contribution is 2.32. The molecule has 1 aromatic rings. The molecule has 2 aliphatic rings. The van der Waals surface area contributed by atoms with Crippen molar-refractivity contribution in [3.63, 3.8) is 0 Å². The van der Waals surface area contributed by atoms with Gasteiger partial charge >= 0.3 is 18.0 Å². The van der Waals surface area contributed by atoms with E-state index in [9.17, 15) is 18.8 Å². The lowest BCUT2D eigenvalue weighted by molar-refractivity contribution is -0.139. The minimum atomic E-state index is -0.832. The van der Waals surface area contributed by atoms with Gasteiger partial charge in [-0.3, -0.25) is 9.80 Å². The van der Waals surface area contributed by atoms with E-state index in [2.05, 4.69) is 15.5 Å². The smallest absolute Gasteiger partial charge is 0.338 e. The first-order valence-electron chi connectivity index (χ1n) is 12.5. The number of benzene rings is 1. The molecule has 2 heterocycles. The second-order valence-corrected chi connectivity index (χ2v) is 10.2. The van der Waals surface area contributed by atoms with Crippen LogP contribution in [-0.4, -0.2) is 83.6 Å². The summed E-state index contributed by atoms with van der Waals surface area (Å²) in [6.45, 7) is 13.9. The van der Waals surface area contributed by atoms with Gasteiger partial charge < -0.3 is 20.3 Å². The van der Waals surface area contributed by atoms with Gasteiger partial charge in [-0.05, 0) is 59.2 Å². The molecule has 0 aliphatic carbocycles. The van der Waals surface area contributed by atoms with E-state index in [1.807, 2.05) is 39.5 Å². The predicted octanol–water partition coefficient (Wildman–Crippen LogP) is 3.24. The van der Waals surface area contributed by atoms with E-state index in [1.54, 1.807) is 19.1 Å². The van der Waals surface area contributed by atoms with Gasteiger partial charge in [0.15, 0.2) is 0 Å². The van der Waals surface area contributed by atoms with Crippen molar-refractivity contribution in [2.45, 2.75) is 59.2 Å². The molecule has 36 heavy (non-hydrogen) atoms. The summed E-state index contributed by atoms with van der Waals surface area (Å²) in [6, 6.07) is 4.50. The quantitative estimate of drug-likeness (QED) is 0.582. The van der Waals surface area contributed by atoms with Crippen molar-refractivity contribution in [2.75, 3.05) is 39.3 Å². The number of carbonyl (C=O) groups excluding carboxylic acids is 3. The number of esters is 1. The molecule has 1 fully saturated rings. The third kappa shape index (κ3) is 6.34. The van der Waals surface area contributed by atoms with Crippen LogP contribution >= 0.6 is 0 Å². The molecule has 3 rings (SSSR count). The SMILES string of the molecule is CCOC(=O)C1=C(CN2CCN(C(=O)NC(C)(C)C)[C@H](C)C2)N(CC)C(=O)N[C@H]1c1cccc(F)c1. The zero-order valence-corrected chi connectivity index (χ0v) is 22.1. The fraction of sp³-hybridized carbons (Fsp3) is 0.577. The third-order valence-corrected chi connectivity index (χ3v) is 6.26. The molecule has 10 heteroatoms. The van der Waals surface area contributed by atoms with Gasteiger partial charge in [-0.2, -0.15) is 0 Å². The number of ether oxygens (including phenoxy) is 1. The zero-order chi connectivity index (χ0) is 26.6. The molecule has 1 saturated heterocycles. The number of rotatable bonds is 6. The van der Waals surface area contributed by atoms with Crippen LogP contribution in [0.5, 0.6) is 0 Å². The first-order valence-corrected chi connectivity index (χ1v) is 12.5. The zero-order valence-electron chi connectivity index (χ0n) is 22.1. The number of hydrogen-bond donors (Lipinski definition) is 2. The van der Waals surface area contributed by atoms with E-state index in [1.165, 1.54) is 17.0 Å². The van der Waals surface area contributed by atoms with E-state index >= 15 is 0 Å². The Labute approximate surface area is 212 Å². The Hall–Kier alpha value is -3.14. The Morgan fingerprint density at radius 3 is 2.53 bits per heavy atom. The Balaban J connectivity index is 1.93. The van der Waals surface area contributed by atoms with Gasteiger partial charge in [-0.15, -0.1) is 0 Å². The van der Waals surface area contributed by atoms with Crippen LogP contribution in [0.1, 0.15) is 53.1 Å². The number of likely N-dealkylation sites (N-methyl/N-ethyl adjacent to an activating group) is 1. The highest BCUT2D eigenvalue weighted by Gasteiger charge is 2.39. The maximum atomic E-state index is 14.1. The van der Waals surface area contributed by atoms with Gasteiger partial charge in [0.25, 0.3) is 0 Å². The lowest BCUT2D eigenvalue weighted by Gasteiger charge is -2.43. The van der Waals surface area contributed by atoms with Crippen molar-refractivity contribution in [3.05, 3.63) is 46.9 Å². The lowest BCUT2D eigenvalue weighted by atomic mass is 9.94. The van der Waals surface area contributed by atoms with Gasteiger partial charge in [0, 0.05) is 50.0 Å². The minimum Gasteiger partial charge on any atom is -0.463 e. The molecule has 9 nitrogen and oxygen atoms in total. The Morgan fingerprint density at radius 2 is 1.94 bits per heavy atom. The average Bonchev–Trinajstić information content (AvgIpc) is 2.78. The molecule has 2 N–H and O–H groups in total. The first-order chi connectivity index (χ1) is 16.9. The second kappa shape index (κ2) is 11.3. The van der Waals surface area contributed by atoms with E-state index in [0.717, 1.165) is 0 Å². The normalized spacial score (nSPS) is 21.4. The molecule has 2 atom stereocenters. The van der Waals surface area contributed by atoms with E-state index in [-0.39, 0.29) is 30.2 Å². The van der Waals surface area contributed by atoms with Crippen LogP contribution in [0, 0.1) is 5.82 Å². The highest BCUT2D eigenvalue weighted by molar-refractivity contribution is 5.95. The number of piperazine rings is 1. The van der Waals surface area contributed by atoms with Crippen molar-refractivity contribution >= 4 is 18.0 Å². The summed E-state index contributed by atoms with van der Waals surface area (Å²) in [5.74, 6) is -1.00. The summed E-state index contributed by atoms with van der Waals surface area (Å²) >= 11 is 0. The van der Waals surface area contributed by atoms with E-state index in [0.29, 0.717) is 49.6 Å². The van der Waals surface area contributed by atoms with Crippen LogP contribution in [0.3, 0.4) is 0 Å². The van der Waals surface area contributed by atoms with Gasteiger partial charge in [0.2, 0.25) is 0 Å². The molecule has 0 spiro atoms. The molecule has 0 saturated carbocycles. The van der Waals surface area contributed by atoms with Gasteiger partial charge in [0.05, 0.1) is 18.2 Å². The number of halogens is 1. The fourth-order valence-electron chi connectivity index (χ4n) is 4.68. The molecule has 2 aliphatic heterocycles. The van der Waals surface area contributed by atoms with Crippen molar-refractivity contribution in [3.8, 4) is 0 Å². The molecule has 198 valence electrons. The summed E-state index contributed by atoms with van der Waals surface area (Å²) in [5, 5.41) is 5.86. The second-order valence-electron chi connectivity index (χ2n) is 10.2. The lowest BCUT2D eigenvalue weighted by Crippen LogP contribution is -2.59. The van der Waals surface area contributed by atoms with Crippen LogP contribution in [0.4, 0.5) is 14.0 Å². The maximum absolute atomic E-state index is 14.1. The molecular weight excluding hydrogens is 465 g/mol. The molecule has 0 radical (unpaired) electrons. The topological polar surface area (TPSA) is 94.2 Å². The largest absolute Gasteiger partial charge is 0.463 e. The molecule has 1 aromatic carbocycles. The number of amides is 4. The number of nitrogens with one attached hydrogen (secondary N) is 2. The fourth-order valence-corrected chi connectivity index (χ4v) is 4.68. The highest BCUT2D eigenvalue weighted by atomic mass is 19.1. The molecule has 0 unspecified atom stereocenters. The van der Waals surface area contributed by atoms with Crippen LogP contribution in [0.25, 0.3) is 0 Å². The average molecular weight is 504 g/mol. The van der Waals surface area contributed by atoms with Gasteiger partial charge in [-0.25, -0.2) is 18.8 Å². The first kappa shape index (κ1) is 27.4. The van der Waals surface area contributed by atoms with Gasteiger partial charge in [0.1, 0.15) is 5.82 Å². The number of nitrogens with zero attached hydrogens (tertiary/aromatic N) is 3. The van der Waals surface area contributed by atoms with Crippen LogP contribution < -0.4 is 10.6 Å². The summed E-state index contributed by atoms with van der Waals surface area (Å²) in [6.07, 6.45) is 0. The Morgan fingerprint density at radius 1 is 1.22 bits per heavy atom. The van der Waals surface area contributed by atoms with Gasteiger partial charge in [-0.1, -0.05) is 12.1 Å². The van der Waals surface area contributed by atoms with Crippen molar-refractivity contribution in [1.82, 2.24) is 25.3 Å². The number of carbonyl (C=O) groups is 3. The molecule has 0 aromatic heterocycles. The minimum absolute atomic E-state index is 0.0701. The van der Waals surface area contributed by atoms with Crippen molar-refractivity contribution in [1.29, 1.82) is 0 Å². The molecular formula is C26H38FN5O4. The standard InChI is InChI=1S/C26H38FN5O4/c1-7-31-20(16-30-12-13-32(17(3)15-30)25(35)29-26(4,5)6)21(23(33)36-8-2)22(28-24(31)34)18-10-9-11-19(27)14-18/h9-11,14,17,22H,7-8,12-13,15-16H2,1-6H3,(H,28,34)(H,29,35)/t17-,22+/m1/s1.